The summed E-state index contributed by atoms with van der Waals surface area (Å²) >= 11 is 0. The van der Waals surface area contributed by atoms with Gasteiger partial charge in [0.1, 0.15) is 24.9 Å². The van der Waals surface area contributed by atoms with Crippen molar-refractivity contribution >= 4 is 46.8 Å². The fourth-order valence-electron chi connectivity index (χ4n) is 12.6. The molecule has 3 heterocycles. The molecule has 0 radical (unpaired) electrons. The number of ether oxygens (including phenoxy) is 2. The average Bonchev–Trinajstić information content (AvgIpc) is 4.16. The van der Waals surface area contributed by atoms with Gasteiger partial charge in [-0.2, -0.15) is 0 Å². The number of benzene rings is 2. The van der Waals surface area contributed by atoms with Crippen molar-refractivity contribution in [3.8, 4) is 0 Å². The molecular weight excluding hydrogens is 961 g/mol. The lowest BCUT2D eigenvalue weighted by Gasteiger charge is -2.63. The van der Waals surface area contributed by atoms with Gasteiger partial charge in [-0.3, -0.25) is 38.5 Å². The van der Waals surface area contributed by atoms with E-state index in [2.05, 4.69) is 31.2 Å². The van der Waals surface area contributed by atoms with Crippen LogP contribution in [-0.4, -0.2) is 134 Å². The number of H-pyrrole nitrogens is 1. The smallest absolute Gasteiger partial charge is 0.253 e. The molecule has 1 aromatic heterocycles. The first-order valence-corrected chi connectivity index (χ1v) is 25.0. The second-order valence-electron chi connectivity index (χ2n) is 20.9. The van der Waals surface area contributed by atoms with E-state index in [0.717, 1.165) is 39.9 Å². The third kappa shape index (κ3) is 9.19. The number of anilines is 1. The van der Waals surface area contributed by atoms with Crippen molar-refractivity contribution in [2.24, 2.45) is 22.7 Å². The molecule has 3 saturated carbocycles. The second-order valence-corrected chi connectivity index (χ2v) is 20.9. The predicted molar refractivity (Wildman–Crippen MR) is 262 cm³/mol. The van der Waals surface area contributed by atoms with Crippen LogP contribution in [0.25, 0.3) is 0 Å². The number of aromatic amines is 1. The molecule has 1 saturated heterocycles. The van der Waals surface area contributed by atoms with Crippen molar-refractivity contribution in [2.75, 3.05) is 25.0 Å². The van der Waals surface area contributed by atoms with Crippen LogP contribution < -0.4 is 21.3 Å². The van der Waals surface area contributed by atoms with E-state index in [1.807, 2.05) is 48.5 Å². The predicted octanol–water partition coefficient (Wildman–Crippen LogP) is 3.11. The van der Waals surface area contributed by atoms with E-state index >= 15 is 8.78 Å². The number of hydrogen-bond donors (Lipinski definition) is 7. The summed E-state index contributed by atoms with van der Waals surface area (Å²) in [6, 6.07) is 12.7. The minimum atomic E-state index is -2.35. The number of halogens is 2. The SMILES string of the molecule is C[C@H](NC(=O)[C@H](Cc1c[nH]cn1)NC(=O)CCN1C(=O)C=CC1=O)C(=O)N[C@@H](C)CNc1cccc(Cc2ccc([C@@H]3O[C@@H]4C[C@H]5[C@@H]6C[C@H](F)C7=CC(=O)C=C[C@]7(C)[C@@]6(F)[C@@H](O)C[C@]5(C)[C@]4(C(=O)CO)O3)cc2)c1. The molecule has 2 aliphatic heterocycles. The molecule has 0 spiro atoms. The maximum absolute atomic E-state index is 17.8. The molecule has 2 aromatic carbocycles. The first kappa shape index (κ1) is 52.1. The molecule has 20 heteroatoms. The number of fused-ring (bicyclic) bond motifs is 7. The minimum absolute atomic E-state index is 0.00284. The van der Waals surface area contributed by atoms with Crippen LogP contribution in [0.3, 0.4) is 0 Å². The van der Waals surface area contributed by atoms with Crippen LogP contribution in [-0.2, 0) is 55.9 Å². The highest BCUT2D eigenvalue weighted by Gasteiger charge is 2.80. The lowest BCUT2D eigenvalue weighted by Crippen LogP contribution is -2.70. The standard InChI is InChI=1S/C54H61F2N7O11/c1-29(60-48(71)30(2)61-49(72)41(20-35-26-57-28-59-35)62-45(68)15-17-63-46(69)12-13-47(63)70)25-58-34-7-5-6-32(19-34)18-31-8-10-33(11-9-31)50-73-44-23-37-38-22-40(55)39-21-36(65)14-16-51(39,3)53(38,56)42(66)24-52(37,4)54(44,74-50)43(67)27-64/h5-14,16,19,21,26,28-30,37-38,40-42,44,50,58,64,66H,15,17-18,20,22-25,27H2,1-4H3,(H,57,59)(H,60,71)(H,61,72)(H,62,68)/t29-,30-,37-,38-,40-,41-,42-,44+,50+,51-,52-,53-,54+/m0/s1. The third-order valence-electron chi connectivity index (χ3n) is 16.4. The van der Waals surface area contributed by atoms with E-state index in [1.165, 1.54) is 32.3 Å². The van der Waals surface area contributed by atoms with Gasteiger partial charge in [-0.25, -0.2) is 13.8 Å². The number of nitrogens with zero attached hydrogens (tertiary/aromatic N) is 2. The van der Waals surface area contributed by atoms with Gasteiger partial charge < -0.3 is 45.9 Å². The number of hydrogen-bond acceptors (Lipinski definition) is 13. The highest BCUT2D eigenvalue weighted by molar-refractivity contribution is 6.13. The van der Waals surface area contributed by atoms with Crippen molar-refractivity contribution in [1.29, 1.82) is 0 Å². The average molecular weight is 1020 g/mol. The van der Waals surface area contributed by atoms with Crippen molar-refractivity contribution < 1.29 is 62.0 Å². The van der Waals surface area contributed by atoms with Crippen LogP contribution in [0.15, 0.2) is 97.0 Å². The van der Waals surface area contributed by atoms with Crippen LogP contribution in [0.5, 0.6) is 0 Å². The molecule has 18 nitrogen and oxygen atoms in total. The molecule has 4 fully saturated rings. The molecule has 5 amide bonds. The zero-order valence-electron chi connectivity index (χ0n) is 41.4. The van der Waals surface area contributed by atoms with Gasteiger partial charge in [0.25, 0.3) is 11.8 Å². The molecule has 4 aliphatic carbocycles. The molecule has 74 heavy (non-hydrogen) atoms. The van der Waals surface area contributed by atoms with E-state index in [0.29, 0.717) is 24.2 Å². The normalized spacial score (nSPS) is 31.9. The lowest BCUT2D eigenvalue weighted by molar-refractivity contribution is -0.235. The summed E-state index contributed by atoms with van der Waals surface area (Å²) in [4.78, 5) is 97.4. The molecule has 7 N–H and O–H groups in total. The van der Waals surface area contributed by atoms with E-state index in [4.69, 9.17) is 9.47 Å². The Balaban J connectivity index is 0.782. The Hall–Kier alpha value is -6.74. The fraction of sp³-hybridized carbons (Fsp3) is 0.481. The first-order valence-electron chi connectivity index (χ1n) is 25.0. The Kier molecular flexibility index (Phi) is 14.2. The quantitative estimate of drug-likeness (QED) is 0.0906. The molecule has 9 rings (SSSR count). The van der Waals surface area contributed by atoms with Crippen molar-refractivity contribution in [3.63, 3.8) is 0 Å². The zero-order chi connectivity index (χ0) is 52.9. The fourth-order valence-corrected chi connectivity index (χ4v) is 12.6. The summed E-state index contributed by atoms with van der Waals surface area (Å²) in [5.74, 6) is -5.54. The molecular formula is C54H61F2N7O11. The number of aromatic nitrogens is 2. The minimum Gasteiger partial charge on any atom is -0.390 e. The van der Waals surface area contributed by atoms with Gasteiger partial charge in [0.05, 0.1) is 24.2 Å². The summed E-state index contributed by atoms with van der Waals surface area (Å²) in [6.45, 7) is 5.88. The third-order valence-corrected chi connectivity index (χ3v) is 16.4. The number of amides is 5. The Morgan fingerprint density at radius 3 is 2.39 bits per heavy atom. The molecule has 392 valence electrons. The summed E-state index contributed by atoms with van der Waals surface area (Å²) in [5.41, 5.74) is -3.14. The summed E-state index contributed by atoms with van der Waals surface area (Å²) in [5, 5.41) is 33.7. The number of imide groups is 1. The maximum Gasteiger partial charge on any atom is 0.253 e. The van der Waals surface area contributed by atoms with Crippen LogP contribution in [0.4, 0.5) is 14.5 Å². The maximum atomic E-state index is 17.8. The Morgan fingerprint density at radius 2 is 1.69 bits per heavy atom. The van der Waals surface area contributed by atoms with Crippen LogP contribution >= 0.6 is 0 Å². The molecule has 6 aliphatic rings. The Bertz CT molecular complexity index is 2810. The molecule has 13 atom stereocenters. The van der Waals surface area contributed by atoms with Gasteiger partial charge in [-0.05, 0) is 93.4 Å². The van der Waals surface area contributed by atoms with Gasteiger partial charge in [-0.15, -0.1) is 0 Å². The zero-order valence-corrected chi connectivity index (χ0v) is 41.4. The lowest BCUT2D eigenvalue weighted by atomic mass is 9.44. The van der Waals surface area contributed by atoms with E-state index in [1.54, 1.807) is 20.0 Å². The van der Waals surface area contributed by atoms with Crippen LogP contribution in [0.1, 0.15) is 82.1 Å². The van der Waals surface area contributed by atoms with Crippen molar-refractivity contribution in [2.45, 2.75) is 120 Å². The van der Waals surface area contributed by atoms with E-state index in [9.17, 15) is 43.8 Å². The summed E-state index contributed by atoms with van der Waals surface area (Å²) in [6.07, 6.45) is 3.62. The van der Waals surface area contributed by atoms with Crippen molar-refractivity contribution in [3.05, 3.63) is 119 Å². The van der Waals surface area contributed by atoms with E-state index in [-0.39, 0.29) is 50.3 Å². The number of Topliss-reactive ketones (excluding diaryl/α,β-unsaturated/α-hetero) is 1. The van der Waals surface area contributed by atoms with Gasteiger partial charge in [0.2, 0.25) is 17.7 Å². The first-order chi connectivity index (χ1) is 35.2. The van der Waals surface area contributed by atoms with Crippen LogP contribution in [0, 0.1) is 22.7 Å². The topological polar surface area (TPSA) is 258 Å². The number of allylic oxidation sites excluding steroid dienone is 4. The highest BCUT2D eigenvalue weighted by atomic mass is 19.1. The van der Waals surface area contributed by atoms with Gasteiger partial charge >= 0.3 is 0 Å². The number of imidazole rings is 1. The number of rotatable bonds is 18. The monoisotopic (exact) mass is 1020 g/mol. The molecule has 0 bridgehead atoms. The van der Waals surface area contributed by atoms with Crippen LogP contribution in [0.2, 0.25) is 0 Å². The van der Waals surface area contributed by atoms with Gasteiger partial charge in [0, 0.05) is 78.3 Å². The largest absolute Gasteiger partial charge is 0.390 e. The Morgan fingerprint density at radius 1 is 0.946 bits per heavy atom. The number of aliphatic hydroxyl groups excluding tert-OH is 2. The number of carbonyl (C=O) groups excluding carboxylic acids is 7. The number of aliphatic hydroxyl groups is 2. The number of ketones is 2. The number of alkyl halides is 2. The number of carbonyl (C=O) groups is 7. The van der Waals surface area contributed by atoms with E-state index < -0.39 is 118 Å². The van der Waals surface area contributed by atoms with Gasteiger partial charge in [0.15, 0.2) is 29.1 Å². The summed E-state index contributed by atoms with van der Waals surface area (Å²) in [7, 11) is 0. The molecule has 3 aromatic rings. The summed E-state index contributed by atoms with van der Waals surface area (Å²) < 4.78 is 47.0. The van der Waals surface area contributed by atoms with Crippen molar-refractivity contribution in [1.82, 2.24) is 30.8 Å². The Labute approximate surface area is 425 Å². The highest BCUT2D eigenvalue weighted by Crippen LogP contribution is 2.72. The number of nitrogens with one attached hydrogen (secondary N) is 5. The molecule has 0 unspecified atom stereocenters. The second kappa shape index (κ2) is 20.2. The van der Waals surface area contributed by atoms with Gasteiger partial charge in [-0.1, -0.05) is 49.4 Å².